The fourth-order valence-electron chi connectivity index (χ4n) is 6.39. The molecule has 164 valence electrons. The molecule has 1 aliphatic carbocycles. The number of piperidine rings is 1. The number of carbonyl (C=O) groups is 1. The van der Waals surface area contributed by atoms with E-state index in [0.29, 0.717) is 30.6 Å². The summed E-state index contributed by atoms with van der Waals surface area (Å²) in [4.78, 5) is 21.7. The molecule has 5 rings (SSSR count). The zero-order valence-electron chi connectivity index (χ0n) is 17.1. The Bertz CT molecular complexity index is 859. The van der Waals surface area contributed by atoms with Crippen LogP contribution in [0.25, 0.3) is 0 Å². The number of amides is 1. The van der Waals surface area contributed by atoms with E-state index in [0.717, 1.165) is 44.5 Å². The summed E-state index contributed by atoms with van der Waals surface area (Å²) < 4.78 is 53.2. The van der Waals surface area contributed by atoms with Crippen molar-refractivity contribution in [2.45, 2.75) is 76.4 Å². The largest absolute Gasteiger partial charge is 0.417 e. The summed E-state index contributed by atoms with van der Waals surface area (Å²) in [5.41, 5.74) is -0.0646. The highest BCUT2D eigenvalue weighted by Crippen LogP contribution is 2.55. The second kappa shape index (κ2) is 6.90. The first-order valence-corrected chi connectivity index (χ1v) is 10.9. The topological polar surface area (TPSA) is 36.4 Å². The zero-order valence-corrected chi connectivity index (χ0v) is 17.1. The molecule has 1 amide bonds. The number of likely N-dealkylation sites (tertiary alicyclic amines) is 1. The maximum Gasteiger partial charge on any atom is 0.417 e. The molecular weight excluding hydrogens is 398 g/mol. The minimum atomic E-state index is -4.44. The van der Waals surface area contributed by atoms with Gasteiger partial charge in [0.15, 0.2) is 0 Å². The first-order chi connectivity index (χ1) is 14.2. The van der Waals surface area contributed by atoms with Gasteiger partial charge in [-0.05, 0) is 56.2 Å². The van der Waals surface area contributed by atoms with Gasteiger partial charge in [-0.3, -0.25) is 14.7 Å². The quantitative estimate of drug-likeness (QED) is 0.639. The van der Waals surface area contributed by atoms with Crippen molar-refractivity contribution in [3.63, 3.8) is 0 Å². The molecule has 3 unspecified atom stereocenters. The second-order valence-corrected chi connectivity index (χ2v) is 9.61. The summed E-state index contributed by atoms with van der Waals surface area (Å²) >= 11 is 0. The molecule has 2 saturated heterocycles. The van der Waals surface area contributed by atoms with E-state index < -0.39 is 23.3 Å². The first kappa shape index (κ1) is 20.2. The van der Waals surface area contributed by atoms with Crippen LogP contribution in [0.3, 0.4) is 0 Å². The van der Waals surface area contributed by atoms with Crippen LogP contribution in [0.5, 0.6) is 0 Å². The highest BCUT2D eigenvalue weighted by molar-refractivity contribution is 5.87. The van der Waals surface area contributed by atoms with Crippen LogP contribution >= 0.6 is 0 Å². The lowest BCUT2D eigenvalue weighted by Gasteiger charge is -2.35. The van der Waals surface area contributed by atoms with Crippen molar-refractivity contribution < 1.29 is 22.4 Å². The summed E-state index contributed by atoms with van der Waals surface area (Å²) in [6.07, 6.45) is 0.0262. The average molecular weight is 425 g/mol. The first-order valence-electron chi connectivity index (χ1n) is 10.9. The number of rotatable bonds is 1. The van der Waals surface area contributed by atoms with Crippen LogP contribution in [-0.2, 0) is 23.9 Å². The zero-order chi connectivity index (χ0) is 21.3. The van der Waals surface area contributed by atoms with Gasteiger partial charge in [0.2, 0.25) is 5.91 Å². The minimum absolute atomic E-state index is 0.0248. The lowest BCUT2D eigenvalue weighted by Crippen LogP contribution is -2.44. The van der Waals surface area contributed by atoms with Crippen molar-refractivity contribution in [3.8, 4) is 0 Å². The molecule has 1 aromatic heterocycles. The van der Waals surface area contributed by atoms with Crippen molar-refractivity contribution >= 4 is 5.91 Å². The predicted molar refractivity (Wildman–Crippen MR) is 102 cm³/mol. The number of fused-ring (bicyclic) bond motifs is 2. The van der Waals surface area contributed by atoms with Crippen LogP contribution < -0.4 is 0 Å². The van der Waals surface area contributed by atoms with Crippen LogP contribution in [0.15, 0.2) is 12.3 Å². The normalized spacial score (nSPS) is 37.0. The van der Waals surface area contributed by atoms with E-state index >= 15 is 0 Å². The third-order valence-electron chi connectivity index (χ3n) is 8.10. The van der Waals surface area contributed by atoms with Crippen molar-refractivity contribution in [2.24, 2.45) is 11.3 Å². The minimum Gasteiger partial charge on any atom is -0.334 e. The fraction of sp³-hybridized carbons (Fsp3) is 0.727. The molecule has 8 heteroatoms. The Balaban J connectivity index is 1.38. The number of hydrogen-bond acceptors (Lipinski definition) is 3. The van der Waals surface area contributed by atoms with Crippen molar-refractivity contribution in [1.82, 2.24) is 14.8 Å². The van der Waals surface area contributed by atoms with Crippen molar-refractivity contribution in [2.75, 3.05) is 13.1 Å². The average Bonchev–Trinajstić information content (AvgIpc) is 3.24. The predicted octanol–water partition coefficient (Wildman–Crippen LogP) is 3.98. The van der Waals surface area contributed by atoms with Gasteiger partial charge < -0.3 is 4.90 Å². The van der Waals surface area contributed by atoms with E-state index in [1.165, 1.54) is 0 Å². The van der Waals surface area contributed by atoms with E-state index in [4.69, 9.17) is 0 Å². The SMILES string of the molecule is CC1C2Cc3ncc(C(F)(F)F)cc3CN2C(=O)[C@]12CC[C@@H](N1CCCC(F)C1)C2. The van der Waals surface area contributed by atoms with Gasteiger partial charge in [-0.2, -0.15) is 13.2 Å². The van der Waals surface area contributed by atoms with Gasteiger partial charge in [-0.15, -0.1) is 0 Å². The van der Waals surface area contributed by atoms with Gasteiger partial charge in [0, 0.05) is 43.5 Å². The second-order valence-electron chi connectivity index (χ2n) is 9.61. The number of alkyl halides is 4. The molecule has 3 fully saturated rings. The smallest absolute Gasteiger partial charge is 0.334 e. The summed E-state index contributed by atoms with van der Waals surface area (Å²) in [6, 6.07) is 1.34. The molecule has 1 spiro atoms. The lowest BCUT2D eigenvalue weighted by atomic mass is 9.73. The Kier molecular flexibility index (Phi) is 4.65. The van der Waals surface area contributed by atoms with Gasteiger partial charge in [0.1, 0.15) is 6.17 Å². The number of carbonyl (C=O) groups excluding carboxylic acids is 1. The molecule has 0 bridgehead atoms. The van der Waals surface area contributed by atoms with E-state index in [2.05, 4.69) is 16.8 Å². The number of halogens is 4. The van der Waals surface area contributed by atoms with Crippen LogP contribution in [0.2, 0.25) is 0 Å². The molecule has 4 heterocycles. The maximum absolute atomic E-state index is 13.9. The maximum atomic E-state index is 13.9. The number of nitrogens with zero attached hydrogens (tertiary/aromatic N) is 3. The fourth-order valence-corrected chi connectivity index (χ4v) is 6.39. The Hall–Kier alpha value is -1.70. The summed E-state index contributed by atoms with van der Waals surface area (Å²) in [7, 11) is 0. The van der Waals surface area contributed by atoms with E-state index in [9.17, 15) is 22.4 Å². The molecular formula is C22H27F4N3O. The summed E-state index contributed by atoms with van der Waals surface area (Å²) in [5.74, 6) is 0.178. The standard InChI is InChI=1S/C22H27F4N3O/c1-13-19-8-18-14(7-15(10-27-18)22(24,25)26)11-29(19)20(30)21(13)5-4-17(9-21)28-6-2-3-16(23)12-28/h7,10,13,16-17,19H,2-6,8-9,11-12H2,1H3/t13?,16?,17-,19?,21+/m1/s1. The van der Waals surface area contributed by atoms with Gasteiger partial charge >= 0.3 is 6.18 Å². The molecule has 4 nitrogen and oxygen atoms in total. The van der Waals surface area contributed by atoms with E-state index in [-0.39, 0.29) is 30.5 Å². The van der Waals surface area contributed by atoms with Gasteiger partial charge in [-0.25, -0.2) is 4.39 Å². The Labute approximate surface area is 173 Å². The van der Waals surface area contributed by atoms with E-state index in [1.54, 1.807) is 4.90 Å². The highest BCUT2D eigenvalue weighted by Gasteiger charge is 2.61. The van der Waals surface area contributed by atoms with Gasteiger partial charge in [0.05, 0.1) is 11.0 Å². The molecule has 0 radical (unpaired) electrons. The van der Waals surface area contributed by atoms with Gasteiger partial charge in [0.25, 0.3) is 0 Å². The molecule has 1 saturated carbocycles. The molecule has 4 aliphatic rings. The number of pyridine rings is 1. The Morgan fingerprint density at radius 3 is 2.80 bits per heavy atom. The van der Waals surface area contributed by atoms with Crippen LogP contribution in [0.1, 0.15) is 55.8 Å². The molecule has 5 atom stereocenters. The molecule has 3 aliphatic heterocycles. The Morgan fingerprint density at radius 2 is 2.07 bits per heavy atom. The molecule has 0 aromatic carbocycles. The highest BCUT2D eigenvalue weighted by atomic mass is 19.4. The van der Waals surface area contributed by atoms with Crippen LogP contribution in [0.4, 0.5) is 17.6 Å². The number of aromatic nitrogens is 1. The Morgan fingerprint density at radius 1 is 1.27 bits per heavy atom. The molecule has 1 aromatic rings. The van der Waals surface area contributed by atoms with Crippen LogP contribution in [0, 0.1) is 11.3 Å². The molecule has 30 heavy (non-hydrogen) atoms. The van der Waals surface area contributed by atoms with Crippen molar-refractivity contribution in [3.05, 3.63) is 29.1 Å². The van der Waals surface area contributed by atoms with Gasteiger partial charge in [-0.1, -0.05) is 6.92 Å². The monoisotopic (exact) mass is 425 g/mol. The lowest BCUT2D eigenvalue weighted by molar-refractivity contribution is -0.138. The van der Waals surface area contributed by atoms with E-state index in [1.807, 2.05) is 0 Å². The van der Waals surface area contributed by atoms with Crippen LogP contribution in [-0.4, -0.2) is 52.0 Å². The van der Waals surface area contributed by atoms with Crippen molar-refractivity contribution in [1.29, 1.82) is 0 Å². The number of hydrogen-bond donors (Lipinski definition) is 0. The summed E-state index contributed by atoms with van der Waals surface area (Å²) in [6.45, 7) is 3.63. The molecule has 0 N–H and O–H groups in total. The third kappa shape index (κ3) is 3.05. The third-order valence-corrected chi connectivity index (χ3v) is 8.10. The summed E-state index contributed by atoms with van der Waals surface area (Å²) in [5, 5.41) is 0.